The van der Waals surface area contributed by atoms with Gasteiger partial charge in [0.1, 0.15) is 5.78 Å². The zero-order valence-electron chi connectivity index (χ0n) is 7.23. The summed E-state index contributed by atoms with van der Waals surface area (Å²) < 4.78 is 0. The second-order valence-electron chi connectivity index (χ2n) is 4.46. The van der Waals surface area contributed by atoms with E-state index in [4.69, 9.17) is 0 Å². The topological polar surface area (TPSA) is 17.1 Å². The number of hydrogen-bond donors (Lipinski definition) is 0. The van der Waals surface area contributed by atoms with Crippen molar-refractivity contribution in [1.29, 1.82) is 0 Å². The van der Waals surface area contributed by atoms with Gasteiger partial charge >= 0.3 is 0 Å². The fourth-order valence-corrected chi connectivity index (χ4v) is 2.85. The first-order chi connectivity index (χ1) is 5.24. The molecule has 2 aliphatic carbocycles. The highest BCUT2D eigenvalue weighted by Gasteiger charge is 2.51. The summed E-state index contributed by atoms with van der Waals surface area (Å²) in [6, 6.07) is 0. The molecule has 1 spiro atoms. The Morgan fingerprint density at radius 1 is 1.45 bits per heavy atom. The van der Waals surface area contributed by atoms with E-state index >= 15 is 0 Å². The molecule has 1 nitrogen and oxygen atoms in total. The Bertz CT molecular complexity index is 167. The number of carbonyl (C=O) groups excluding carboxylic acids is 1. The third-order valence-corrected chi connectivity index (χ3v) is 3.28. The van der Waals surface area contributed by atoms with Gasteiger partial charge in [0.25, 0.3) is 0 Å². The molecule has 0 saturated heterocycles. The van der Waals surface area contributed by atoms with Crippen LogP contribution in [0.2, 0.25) is 0 Å². The van der Waals surface area contributed by atoms with Gasteiger partial charge in [0.15, 0.2) is 0 Å². The number of rotatable bonds is 2. The third kappa shape index (κ3) is 1.11. The lowest BCUT2D eigenvalue weighted by Crippen LogP contribution is -2.47. The van der Waals surface area contributed by atoms with Gasteiger partial charge in [-0.2, -0.15) is 0 Å². The molecule has 2 aliphatic rings. The standard InChI is InChI=1S/C10H16O/c1-2-3-8-4-10(5-8)6-9(11)7-10/h8H,2-7H2,1H3. The largest absolute Gasteiger partial charge is 0.300 e. The van der Waals surface area contributed by atoms with Gasteiger partial charge in [-0.05, 0) is 24.2 Å². The van der Waals surface area contributed by atoms with Crippen LogP contribution in [0.3, 0.4) is 0 Å². The number of Topliss-reactive ketones (excluding diaryl/α,β-unsaturated/α-hetero) is 1. The van der Waals surface area contributed by atoms with Crippen molar-refractivity contribution >= 4 is 5.78 Å². The van der Waals surface area contributed by atoms with Crippen molar-refractivity contribution in [3.05, 3.63) is 0 Å². The summed E-state index contributed by atoms with van der Waals surface area (Å²) in [5.41, 5.74) is 0.539. The molecule has 0 heterocycles. The molecule has 0 aromatic rings. The van der Waals surface area contributed by atoms with Gasteiger partial charge < -0.3 is 0 Å². The molecule has 1 heteroatoms. The predicted molar refractivity (Wildman–Crippen MR) is 44.3 cm³/mol. The zero-order chi connectivity index (χ0) is 7.90. The molecule has 0 aliphatic heterocycles. The smallest absolute Gasteiger partial charge is 0.134 e. The molecule has 0 N–H and O–H groups in total. The molecular formula is C10H16O. The van der Waals surface area contributed by atoms with E-state index in [2.05, 4.69) is 6.92 Å². The zero-order valence-corrected chi connectivity index (χ0v) is 7.23. The van der Waals surface area contributed by atoms with Crippen molar-refractivity contribution in [2.45, 2.75) is 45.4 Å². The summed E-state index contributed by atoms with van der Waals surface area (Å²) in [6.45, 7) is 2.25. The van der Waals surface area contributed by atoms with Crippen molar-refractivity contribution in [2.24, 2.45) is 11.3 Å². The Morgan fingerprint density at radius 2 is 2.09 bits per heavy atom. The van der Waals surface area contributed by atoms with Crippen LogP contribution in [0.5, 0.6) is 0 Å². The highest BCUT2D eigenvalue weighted by Crippen LogP contribution is 2.58. The van der Waals surface area contributed by atoms with E-state index in [0.29, 0.717) is 11.2 Å². The molecule has 0 radical (unpaired) electrons. The Morgan fingerprint density at radius 3 is 2.55 bits per heavy atom. The van der Waals surface area contributed by atoms with Gasteiger partial charge in [-0.1, -0.05) is 19.8 Å². The van der Waals surface area contributed by atoms with Crippen molar-refractivity contribution in [1.82, 2.24) is 0 Å². The number of ketones is 1. The second kappa shape index (κ2) is 2.33. The summed E-state index contributed by atoms with van der Waals surface area (Å²) >= 11 is 0. The molecular weight excluding hydrogens is 136 g/mol. The molecule has 0 aromatic heterocycles. The fraction of sp³-hybridized carbons (Fsp3) is 0.900. The summed E-state index contributed by atoms with van der Waals surface area (Å²) in [7, 11) is 0. The maximum atomic E-state index is 10.8. The van der Waals surface area contributed by atoms with Crippen LogP contribution in [0.15, 0.2) is 0 Å². The molecule has 2 rings (SSSR count). The molecule has 62 valence electrons. The van der Waals surface area contributed by atoms with Gasteiger partial charge in [0.05, 0.1) is 0 Å². The van der Waals surface area contributed by atoms with Crippen LogP contribution >= 0.6 is 0 Å². The second-order valence-corrected chi connectivity index (χ2v) is 4.46. The minimum Gasteiger partial charge on any atom is -0.300 e. The van der Waals surface area contributed by atoms with E-state index in [1.165, 1.54) is 25.7 Å². The van der Waals surface area contributed by atoms with Crippen LogP contribution in [0, 0.1) is 11.3 Å². The van der Waals surface area contributed by atoms with Crippen molar-refractivity contribution < 1.29 is 4.79 Å². The molecule has 0 aromatic carbocycles. The maximum Gasteiger partial charge on any atom is 0.134 e. The van der Waals surface area contributed by atoms with Gasteiger partial charge in [-0.3, -0.25) is 4.79 Å². The lowest BCUT2D eigenvalue weighted by molar-refractivity contribution is -0.142. The summed E-state index contributed by atoms with van der Waals surface area (Å²) in [4.78, 5) is 10.8. The van der Waals surface area contributed by atoms with Crippen molar-refractivity contribution in [2.75, 3.05) is 0 Å². The van der Waals surface area contributed by atoms with Crippen LogP contribution in [0.1, 0.15) is 45.4 Å². The Balaban J connectivity index is 1.75. The summed E-state index contributed by atoms with van der Waals surface area (Å²) in [5.74, 6) is 1.47. The Kier molecular flexibility index (Phi) is 1.55. The van der Waals surface area contributed by atoms with E-state index in [1.807, 2.05) is 0 Å². The minimum atomic E-state index is 0.500. The molecule has 0 bridgehead atoms. The minimum absolute atomic E-state index is 0.500. The average Bonchev–Trinajstić information content (AvgIpc) is 1.80. The molecule has 11 heavy (non-hydrogen) atoms. The average molecular weight is 152 g/mol. The summed E-state index contributed by atoms with van der Waals surface area (Å²) in [6.07, 6.45) is 7.23. The van der Waals surface area contributed by atoms with Crippen LogP contribution in [0.4, 0.5) is 0 Å². The monoisotopic (exact) mass is 152 g/mol. The first-order valence-electron chi connectivity index (χ1n) is 4.76. The Hall–Kier alpha value is -0.330. The molecule has 0 unspecified atom stereocenters. The normalized spacial score (nSPS) is 28.3. The SMILES string of the molecule is CCCC1CC2(CC(=O)C2)C1. The molecule has 0 amide bonds. The number of carbonyl (C=O) groups is 1. The fourth-order valence-electron chi connectivity index (χ4n) is 2.85. The quantitative estimate of drug-likeness (QED) is 0.594. The van der Waals surface area contributed by atoms with Gasteiger partial charge in [-0.15, -0.1) is 0 Å². The highest BCUT2D eigenvalue weighted by molar-refractivity contribution is 5.86. The van der Waals surface area contributed by atoms with Gasteiger partial charge in [0, 0.05) is 12.8 Å². The molecule has 2 fully saturated rings. The van der Waals surface area contributed by atoms with E-state index in [0.717, 1.165) is 18.8 Å². The van der Waals surface area contributed by atoms with Gasteiger partial charge in [0.2, 0.25) is 0 Å². The molecule has 0 atom stereocenters. The van der Waals surface area contributed by atoms with Crippen LogP contribution in [0.25, 0.3) is 0 Å². The third-order valence-electron chi connectivity index (χ3n) is 3.28. The maximum absolute atomic E-state index is 10.8. The highest BCUT2D eigenvalue weighted by atomic mass is 16.1. The molecule has 2 saturated carbocycles. The van der Waals surface area contributed by atoms with Crippen molar-refractivity contribution in [3.8, 4) is 0 Å². The number of hydrogen-bond acceptors (Lipinski definition) is 1. The first-order valence-corrected chi connectivity index (χ1v) is 4.76. The van der Waals surface area contributed by atoms with E-state index in [9.17, 15) is 4.79 Å². The lowest BCUT2D eigenvalue weighted by Gasteiger charge is -2.53. The van der Waals surface area contributed by atoms with Crippen molar-refractivity contribution in [3.63, 3.8) is 0 Å². The van der Waals surface area contributed by atoms with E-state index in [1.54, 1.807) is 0 Å². The van der Waals surface area contributed by atoms with Crippen LogP contribution < -0.4 is 0 Å². The predicted octanol–water partition coefficient (Wildman–Crippen LogP) is 2.55. The van der Waals surface area contributed by atoms with E-state index in [-0.39, 0.29) is 0 Å². The van der Waals surface area contributed by atoms with Gasteiger partial charge in [-0.25, -0.2) is 0 Å². The lowest BCUT2D eigenvalue weighted by atomic mass is 9.51. The van der Waals surface area contributed by atoms with Crippen LogP contribution in [-0.2, 0) is 4.79 Å². The summed E-state index contributed by atoms with van der Waals surface area (Å²) in [5, 5.41) is 0. The Labute approximate surface area is 68.2 Å². The van der Waals surface area contributed by atoms with Crippen LogP contribution in [-0.4, -0.2) is 5.78 Å². The first kappa shape index (κ1) is 7.33. The van der Waals surface area contributed by atoms with E-state index < -0.39 is 0 Å².